The van der Waals surface area contributed by atoms with E-state index in [1.54, 1.807) is 23.5 Å². The number of aryl methyl sites for hydroxylation is 1. The Hall–Kier alpha value is -2.50. The number of rotatable bonds is 8. The monoisotopic (exact) mass is 403 g/mol. The highest BCUT2D eigenvalue weighted by atomic mass is 32.2. The third-order valence-corrected chi connectivity index (χ3v) is 6.23. The summed E-state index contributed by atoms with van der Waals surface area (Å²) in [5, 5.41) is 9.95. The van der Waals surface area contributed by atoms with Gasteiger partial charge in [-0.2, -0.15) is 0 Å². The maximum atomic E-state index is 4.50. The second-order valence-electron chi connectivity index (χ2n) is 6.26. The minimum absolute atomic E-state index is 0.783. The van der Waals surface area contributed by atoms with Gasteiger partial charge in [-0.05, 0) is 36.2 Å². The van der Waals surface area contributed by atoms with E-state index in [1.807, 2.05) is 12.1 Å². The summed E-state index contributed by atoms with van der Waals surface area (Å²) in [6, 6.07) is 31.4. The number of aromatic nitrogens is 3. The number of thioether (sulfide) groups is 2. The molecule has 0 aliphatic carbocycles. The van der Waals surface area contributed by atoms with Crippen LogP contribution in [0.4, 0.5) is 0 Å². The van der Waals surface area contributed by atoms with Crippen molar-refractivity contribution >= 4 is 23.5 Å². The lowest BCUT2D eigenvalue weighted by Crippen LogP contribution is -2.02. The smallest absolute Gasteiger partial charge is 0.195 e. The average Bonchev–Trinajstić information content (AvgIpc) is 3.17. The molecule has 4 rings (SSSR count). The van der Waals surface area contributed by atoms with Crippen molar-refractivity contribution in [2.24, 2.45) is 0 Å². The van der Waals surface area contributed by atoms with Crippen LogP contribution in [-0.2, 0) is 12.2 Å². The van der Waals surface area contributed by atoms with Crippen molar-refractivity contribution in [3.63, 3.8) is 0 Å². The molecule has 0 unspecified atom stereocenters. The van der Waals surface area contributed by atoms with Crippen molar-refractivity contribution in [3.8, 4) is 5.69 Å². The largest absolute Gasteiger partial charge is 0.273 e. The van der Waals surface area contributed by atoms with Crippen LogP contribution in [0.3, 0.4) is 0 Å². The highest BCUT2D eigenvalue weighted by molar-refractivity contribution is 7.99. The Balaban J connectivity index is 1.51. The van der Waals surface area contributed by atoms with E-state index in [4.69, 9.17) is 0 Å². The minimum Gasteiger partial charge on any atom is -0.273 e. The van der Waals surface area contributed by atoms with E-state index in [9.17, 15) is 0 Å². The van der Waals surface area contributed by atoms with Crippen molar-refractivity contribution < 1.29 is 0 Å². The molecule has 0 atom stereocenters. The van der Waals surface area contributed by atoms with E-state index in [0.717, 1.165) is 34.6 Å². The highest BCUT2D eigenvalue weighted by Crippen LogP contribution is 2.27. The fourth-order valence-electron chi connectivity index (χ4n) is 2.89. The second kappa shape index (κ2) is 9.62. The summed E-state index contributed by atoms with van der Waals surface area (Å²) in [5.74, 6) is 2.73. The molecule has 1 aromatic heterocycles. The van der Waals surface area contributed by atoms with Crippen LogP contribution < -0.4 is 0 Å². The van der Waals surface area contributed by atoms with Crippen LogP contribution in [0.1, 0.15) is 11.4 Å². The Morgan fingerprint density at radius 3 is 2.04 bits per heavy atom. The first-order valence-corrected chi connectivity index (χ1v) is 11.2. The number of para-hydroxylation sites is 1. The molecule has 3 nitrogen and oxygen atoms in total. The zero-order chi connectivity index (χ0) is 19.0. The number of nitrogens with zero attached hydrogens (tertiary/aromatic N) is 3. The van der Waals surface area contributed by atoms with Gasteiger partial charge < -0.3 is 0 Å². The Morgan fingerprint density at radius 2 is 1.32 bits per heavy atom. The van der Waals surface area contributed by atoms with E-state index in [-0.39, 0.29) is 0 Å². The van der Waals surface area contributed by atoms with Gasteiger partial charge >= 0.3 is 0 Å². The van der Waals surface area contributed by atoms with Gasteiger partial charge in [0, 0.05) is 16.3 Å². The number of hydrogen-bond donors (Lipinski definition) is 0. The van der Waals surface area contributed by atoms with Crippen LogP contribution in [0.15, 0.2) is 101 Å². The van der Waals surface area contributed by atoms with Crippen LogP contribution in [-0.4, -0.2) is 20.5 Å². The first kappa shape index (κ1) is 18.8. The predicted octanol–water partition coefficient (Wildman–Crippen LogP) is 5.89. The molecule has 0 saturated carbocycles. The zero-order valence-electron chi connectivity index (χ0n) is 15.4. The van der Waals surface area contributed by atoms with Gasteiger partial charge in [0.15, 0.2) is 5.16 Å². The van der Waals surface area contributed by atoms with Crippen molar-refractivity contribution in [2.75, 3.05) is 5.75 Å². The Labute approximate surface area is 174 Å². The zero-order valence-corrected chi connectivity index (χ0v) is 17.1. The van der Waals surface area contributed by atoms with E-state index >= 15 is 0 Å². The first-order chi connectivity index (χ1) is 13.9. The van der Waals surface area contributed by atoms with Gasteiger partial charge in [0.2, 0.25) is 0 Å². The normalized spacial score (nSPS) is 10.9. The highest BCUT2D eigenvalue weighted by Gasteiger charge is 2.14. The second-order valence-corrected chi connectivity index (χ2v) is 8.37. The molecule has 0 bridgehead atoms. The predicted molar refractivity (Wildman–Crippen MR) is 118 cm³/mol. The summed E-state index contributed by atoms with van der Waals surface area (Å²) in [4.78, 5) is 1.24. The summed E-state index contributed by atoms with van der Waals surface area (Å²) in [5.41, 5.74) is 2.46. The average molecular weight is 404 g/mol. The molecular weight excluding hydrogens is 382 g/mol. The molecule has 0 aliphatic rings. The molecule has 1 heterocycles. The lowest BCUT2D eigenvalue weighted by molar-refractivity contribution is 0.863. The molecule has 5 heteroatoms. The Bertz CT molecular complexity index is 986. The first-order valence-electron chi connectivity index (χ1n) is 9.24. The Morgan fingerprint density at radius 1 is 0.679 bits per heavy atom. The van der Waals surface area contributed by atoms with Gasteiger partial charge in [-0.3, -0.25) is 4.57 Å². The van der Waals surface area contributed by atoms with Crippen LogP contribution >= 0.6 is 23.5 Å². The Kier molecular flexibility index (Phi) is 6.48. The van der Waals surface area contributed by atoms with Gasteiger partial charge in [0.05, 0.1) is 5.75 Å². The lowest BCUT2D eigenvalue weighted by atomic mass is 10.2. The molecule has 0 radical (unpaired) electrons. The number of hydrogen-bond acceptors (Lipinski definition) is 4. The summed E-state index contributed by atoms with van der Waals surface area (Å²) < 4.78 is 2.19. The molecule has 28 heavy (non-hydrogen) atoms. The van der Waals surface area contributed by atoms with Gasteiger partial charge in [-0.25, -0.2) is 0 Å². The van der Waals surface area contributed by atoms with E-state index in [1.165, 1.54) is 10.5 Å². The quantitative estimate of drug-likeness (QED) is 0.343. The maximum absolute atomic E-state index is 4.50. The molecule has 0 amide bonds. The van der Waals surface area contributed by atoms with Crippen LogP contribution in [0.5, 0.6) is 0 Å². The topological polar surface area (TPSA) is 30.7 Å². The lowest BCUT2D eigenvalue weighted by Gasteiger charge is -2.10. The molecule has 0 spiro atoms. The third-order valence-electron chi connectivity index (χ3n) is 4.29. The van der Waals surface area contributed by atoms with Gasteiger partial charge in [-0.15, -0.1) is 22.0 Å². The summed E-state index contributed by atoms with van der Waals surface area (Å²) in [7, 11) is 0. The summed E-state index contributed by atoms with van der Waals surface area (Å²) >= 11 is 3.54. The van der Waals surface area contributed by atoms with E-state index < -0.39 is 0 Å². The van der Waals surface area contributed by atoms with Crippen molar-refractivity contribution in [2.45, 2.75) is 22.2 Å². The molecule has 0 fully saturated rings. The van der Waals surface area contributed by atoms with Gasteiger partial charge in [-0.1, -0.05) is 78.5 Å². The standard InChI is InChI=1S/C23H21N3S2/c1-4-10-19(11-5-1)16-17-27-23-25-24-22(18-28-21-14-8-3-9-15-21)26(23)20-12-6-2-7-13-20/h1-15H,16-18H2. The van der Waals surface area contributed by atoms with Crippen molar-refractivity contribution in [3.05, 3.63) is 102 Å². The molecule has 4 aromatic rings. The summed E-state index contributed by atoms with van der Waals surface area (Å²) in [6.07, 6.45) is 1.02. The molecular formula is C23H21N3S2. The van der Waals surface area contributed by atoms with E-state index in [2.05, 4.69) is 93.6 Å². The van der Waals surface area contributed by atoms with Crippen LogP contribution in [0.2, 0.25) is 0 Å². The van der Waals surface area contributed by atoms with Crippen LogP contribution in [0, 0.1) is 0 Å². The summed E-state index contributed by atoms with van der Waals surface area (Å²) in [6.45, 7) is 0. The van der Waals surface area contributed by atoms with Crippen molar-refractivity contribution in [1.29, 1.82) is 0 Å². The maximum Gasteiger partial charge on any atom is 0.195 e. The van der Waals surface area contributed by atoms with Gasteiger partial charge in [0.1, 0.15) is 5.82 Å². The fourth-order valence-corrected chi connectivity index (χ4v) is 4.68. The van der Waals surface area contributed by atoms with Crippen LogP contribution in [0.25, 0.3) is 5.69 Å². The van der Waals surface area contributed by atoms with Crippen molar-refractivity contribution in [1.82, 2.24) is 14.8 Å². The molecule has 3 aromatic carbocycles. The SMILES string of the molecule is c1ccc(CCSc2nnc(CSc3ccccc3)n2-c2ccccc2)cc1. The molecule has 140 valence electrons. The molecule has 0 N–H and O–H groups in total. The third kappa shape index (κ3) is 4.86. The molecule has 0 aliphatic heterocycles. The molecule has 0 saturated heterocycles. The fraction of sp³-hybridized carbons (Fsp3) is 0.130. The number of benzene rings is 3. The van der Waals surface area contributed by atoms with E-state index in [0.29, 0.717) is 0 Å². The minimum atomic E-state index is 0.783. The van der Waals surface area contributed by atoms with Gasteiger partial charge in [0.25, 0.3) is 0 Å².